The Labute approximate surface area is 120 Å². The number of benzene rings is 1. The second-order valence-corrected chi connectivity index (χ2v) is 5.17. The Balaban J connectivity index is 2.77. The van der Waals surface area contributed by atoms with Gasteiger partial charge in [-0.15, -0.1) is 12.6 Å². The first-order chi connectivity index (χ1) is 8.45. The fourth-order valence-electron chi connectivity index (χ4n) is 1.43. The number of carbonyl (C=O) groups excluding carboxylic acids is 2. The van der Waals surface area contributed by atoms with E-state index in [1.807, 2.05) is 6.92 Å². The molecule has 0 aliphatic carbocycles. The highest BCUT2D eigenvalue weighted by molar-refractivity contribution is 9.10. The van der Waals surface area contributed by atoms with Gasteiger partial charge in [0, 0.05) is 23.0 Å². The van der Waals surface area contributed by atoms with Crippen molar-refractivity contribution >= 4 is 40.4 Å². The summed E-state index contributed by atoms with van der Waals surface area (Å²) in [6.07, 6.45) is 0. The summed E-state index contributed by atoms with van der Waals surface area (Å²) in [6.45, 7) is 2.42. The highest BCUT2D eigenvalue weighted by Gasteiger charge is 2.16. The molecule has 0 bridgehead atoms. The summed E-state index contributed by atoms with van der Waals surface area (Å²) in [6, 6.07) is 5.20. The number of halogens is 1. The van der Waals surface area contributed by atoms with Crippen molar-refractivity contribution in [3.8, 4) is 0 Å². The molecular weight excluding hydrogens is 316 g/mol. The van der Waals surface area contributed by atoms with Crippen molar-refractivity contribution in [1.82, 2.24) is 10.2 Å². The maximum Gasteiger partial charge on any atom is 0.255 e. The summed E-state index contributed by atoms with van der Waals surface area (Å²) in [4.78, 5) is 25.4. The Hall–Kier alpha value is -1.01. The maximum atomic E-state index is 12.1. The normalized spacial score (nSPS) is 10.0. The van der Waals surface area contributed by atoms with Gasteiger partial charge in [-0.2, -0.15) is 0 Å². The molecule has 0 saturated heterocycles. The van der Waals surface area contributed by atoms with Gasteiger partial charge in [-0.25, -0.2) is 0 Å². The Bertz CT molecular complexity index is 465. The largest absolute Gasteiger partial charge is 0.355 e. The van der Waals surface area contributed by atoms with Crippen LogP contribution in [0, 0.1) is 0 Å². The second-order valence-electron chi connectivity index (χ2n) is 3.78. The Morgan fingerprint density at radius 2 is 2.11 bits per heavy atom. The standard InChI is InChI=1S/C12H15BrN2O2S/c1-3-14-11(16)7-15(2)12(17)9-5-4-8(13)6-10(9)18/h4-6,18H,3,7H2,1-2H3,(H,14,16). The fourth-order valence-corrected chi connectivity index (χ4v) is 2.28. The molecule has 4 nitrogen and oxygen atoms in total. The van der Waals surface area contributed by atoms with Crippen LogP contribution in [0.4, 0.5) is 0 Å². The molecular formula is C12H15BrN2O2S. The third-order valence-corrected chi connectivity index (χ3v) is 3.15. The van der Waals surface area contributed by atoms with Crippen molar-refractivity contribution in [2.24, 2.45) is 0 Å². The first kappa shape index (κ1) is 15.0. The number of likely N-dealkylation sites (N-methyl/N-ethyl adjacent to an activating group) is 2. The number of hydrogen-bond donors (Lipinski definition) is 2. The molecule has 1 aromatic rings. The molecule has 0 aliphatic heterocycles. The van der Waals surface area contributed by atoms with E-state index in [9.17, 15) is 9.59 Å². The summed E-state index contributed by atoms with van der Waals surface area (Å²) < 4.78 is 0.857. The molecule has 0 radical (unpaired) electrons. The lowest BCUT2D eigenvalue weighted by molar-refractivity contribution is -0.121. The molecule has 1 rings (SSSR count). The van der Waals surface area contributed by atoms with E-state index in [1.54, 1.807) is 25.2 Å². The van der Waals surface area contributed by atoms with E-state index < -0.39 is 0 Å². The number of nitrogens with one attached hydrogen (secondary N) is 1. The molecule has 0 aliphatic rings. The van der Waals surface area contributed by atoms with Gasteiger partial charge in [-0.3, -0.25) is 9.59 Å². The van der Waals surface area contributed by atoms with Gasteiger partial charge in [0.25, 0.3) is 5.91 Å². The predicted molar refractivity (Wildman–Crippen MR) is 77.0 cm³/mol. The van der Waals surface area contributed by atoms with E-state index in [-0.39, 0.29) is 18.4 Å². The van der Waals surface area contributed by atoms with Crippen LogP contribution in [0.3, 0.4) is 0 Å². The summed E-state index contributed by atoms with van der Waals surface area (Å²) in [5.41, 5.74) is 0.480. The average molecular weight is 331 g/mol. The van der Waals surface area contributed by atoms with Crippen LogP contribution >= 0.6 is 28.6 Å². The average Bonchev–Trinajstić information content (AvgIpc) is 2.28. The van der Waals surface area contributed by atoms with Crippen LogP contribution in [0.25, 0.3) is 0 Å². The third-order valence-electron chi connectivity index (χ3n) is 2.29. The van der Waals surface area contributed by atoms with Gasteiger partial charge in [0.15, 0.2) is 0 Å². The maximum absolute atomic E-state index is 12.1. The van der Waals surface area contributed by atoms with Gasteiger partial charge in [0.05, 0.1) is 12.1 Å². The molecule has 1 aromatic carbocycles. The number of amides is 2. The van der Waals surface area contributed by atoms with Crippen LogP contribution in [0.5, 0.6) is 0 Å². The molecule has 0 atom stereocenters. The van der Waals surface area contributed by atoms with Gasteiger partial charge in [0.1, 0.15) is 0 Å². The number of rotatable bonds is 4. The van der Waals surface area contributed by atoms with Gasteiger partial charge in [-0.1, -0.05) is 15.9 Å². The van der Waals surface area contributed by atoms with Crippen LogP contribution in [-0.4, -0.2) is 36.9 Å². The SMILES string of the molecule is CCNC(=O)CN(C)C(=O)c1ccc(Br)cc1S. The Morgan fingerprint density at radius 3 is 2.67 bits per heavy atom. The summed E-state index contributed by atoms with van der Waals surface area (Å²) >= 11 is 7.56. The molecule has 98 valence electrons. The summed E-state index contributed by atoms with van der Waals surface area (Å²) in [7, 11) is 1.59. The molecule has 0 fully saturated rings. The van der Waals surface area contributed by atoms with Gasteiger partial charge >= 0.3 is 0 Å². The van der Waals surface area contributed by atoms with Crippen molar-refractivity contribution in [3.63, 3.8) is 0 Å². The molecule has 0 saturated carbocycles. The fraction of sp³-hybridized carbons (Fsp3) is 0.333. The van der Waals surface area contributed by atoms with E-state index in [0.717, 1.165) is 4.47 Å². The first-order valence-corrected chi connectivity index (χ1v) is 6.70. The highest BCUT2D eigenvalue weighted by Crippen LogP contribution is 2.20. The van der Waals surface area contributed by atoms with Gasteiger partial charge in [0.2, 0.25) is 5.91 Å². The monoisotopic (exact) mass is 330 g/mol. The molecule has 18 heavy (non-hydrogen) atoms. The highest BCUT2D eigenvalue weighted by atomic mass is 79.9. The van der Waals surface area contributed by atoms with Crippen LogP contribution in [0.15, 0.2) is 27.6 Å². The van der Waals surface area contributed by atoms with Crippen LogP contribution in [0.2, 0.25) is 0 Å². The van der Waals surface area contributed by atoms with Gasteiger partial charge in [-0.05, 0) is 25.1 Å². The van der Waals surface area contributed by atoms with E-state index in [1.165, 1.54) is 4.90 Å². The van der Waals surface area contributed by atoms with Crippen molar-refractivity contribution in [2.75, 3.05) is 20.1 Å². The van der Waals surface area contributed by atoms with Crippen LogP contribution in [0.1, 0.15) is 17.3 Å². The first-order valence-electron chi connectivity index (χ1n) is 5.46. The molecule has 0 spiro atoms. The van der Waals surface area contributed by atoms with Crippen LogP contribution in [-0.2, 0) is 4.79 Å². The molecule has 0 unspecified atom stereocenters. The van der Waals surface area contributed by atoms with Gasteiger partial charge < -0.3 is 10.2 Å². The molecule has 0 aromatic heterocycles. The molecule has 0 heterocycles. The van der Waals surface area contributed by atoms with Crippen molar-refractivity contribution in [3.05, 3.63) is 28.2 Å². The zero-order valence-corrected chi connectivity index (χ0v) is 12.7. The number of carbonyl (C=O) groups is 2. The zero-order chi connectivity index (χ0) is 13.7. The van der Waals surface area contributed by atoms with E-state index in [0.29, 0.717) is 17.0 Å². The lowest BCUT2D eigenvalue weighted by atomic mass is 10.2. The Morgan fingerprint density at radius 1 is 1.44 bits per heavy atom. The topological polar surface area (TPSA) is 49.4 Å². The smallest absolute Gasteiger partial charge is 0.255 e. The van der Waals surface area contributed by atoms with Crippen molar-refractivity contribution in [2.45, 2.75) is 11.8 Å². The lowest BCUT2D eigenvalue weighted by Crippen LogP contribution is -2.38. The molecule has 1 N–H and O–H groups in total. The minimum absolute atomic E-state index is 0.0377. The van der Waals surface area contributed by atoms with E-state index in [2.05, 4.69) is 33.9 Å². The zero-order valence-electron chi connectivity index (χ0n) is 10.2. The Kier molecular flexibility index (Phi) is 5.68. The van der Waals surface area contributed by atoms with Crippen molar-refractivity contribution < 1.29 is 9.59 Å². The molecule has 6 heteroatoms. The van der Waals surface area contributed by atoms with Crippen LogP contribution < -0.4 is 5.32 Å². The second kappa shape index (κ2) is 6.80. The minimum Gasteiger partial charge on any atom is -0.355 e. The summed E-state index contributed by atoms with van der Waals surface area (Å²) in [5.74, 6) is -0.398. The van der Waals surface area contributed by atoms with E-state index in [4.69, 9.17) is 0 Å². The number of hydrogen-bond acceptors (Lipinski definition) is 3. The summed E-state index contributed by atoms with van der Waals surface area (Å²) in [5, 5.41) is 2.65. The van der Waals surface area contributed by atoms with E-state index >= 15 is 0 Å². The lowest BCUT2D eigenvalue weighted by Gasteiger charge is -2.17. The predicted octanol–water partition coefficient (Wildman–Crippen LogP) is 1.95. The number of thiol groups is 1. The third kappa shape index (κ3) is 4.03. The quantitative estimate of drug-likeness (QED) is 0.829. The molecule has 2 amide bonds. The number of nitrogens with zero attached hydrogens (tertiary/aromatic N) is 1. The van der Waals surface area contributed by atoms with Crippen molar-refractivity contribution in [1.29, 1.82) is 0 Å². The minimum atomic E-state index is -0.223.